The maximum Gasteiger partial charge on any atom is 0.126 e. The number of halogens is 1. The molecule has 2 aromatic heterocycles. The van der Waals surface area contributed by atoms with E-state index < -0.39 is 0 Å². The van der Waals surface area contributed by atoms with Crippen LogP contribution in [0.25, 0.3) is 0 Å². The molecule has 16 heavy (non-hydrogen) atoms. The van der Waals surface area contributed by atoms with Crippen molar-refractivity contribution < 1.29 is 0 Å². The maximum atomic E-state index is 5.76. The summed E-state index contributed by atoms with van der Waals surface area (Å²) in [6, 6.07) is 5.85. The summed E-state index contributed by atoms with van der Waals surface area (Å²) >= 11 is 5.76. The van der Waals surface area contributed by atoms with Gasteiger partial charge in [-0.25, -0.2) is 4.98 Å². The number of anilines is 1. The molecular weight excluding hydrogens is 224 g/mol. The molecule has 4 nitrogen and oxygen atoms in total. The van der Waals surface area contributed by atoms with E-state index in [1.807, 2.05) is 29.1 Å². The van der Waals surface area contributed by atoms with Crippen LogP contribution in [0.2, 0.25) is 5.02 Å². The van der Waals surface area contributed by atoms with Gasteiger partial charge in [-0.15, -0.1) is 0 Å². The third-order valence-electron chi connectivity index (χ3n) is 2.14. The molecule has 1 N–H and O–H groups in total. The van der Waals surface area contributed by atoms with Crippen LogP contribution in [0.3, 0.4) is 0 Å². The van der Waals surface area contributed by atoms with E-state index in [1.165, 1.54) is 0 Å². The Kier molecular flexibility index (Phi) is 3.41. The number of aromatic nitrogens is 3. The molecule has 0 aliphatic rings. The van der Waals surface area contributed by atoms with E-state index in [-0.39, 0.29) is 6.04 Å². The van der Waals surface area contributed by atoms with Gasteiger partial charge < -0.3 is 5.32 Å². The Labute approximate surface area is 99.3 Å². The SMILES string of the molecule is CC(Cn1cccn1)Nc1ccc(Cl)cn1. The van der Waals surface area contributed by atoms with Crippen LogP contribution in [-0.4, -0.2) is 20.8 Å². The van der Waals surface area contributed by atoms with Crippen LogP contribution in [0.15, 0.2) is 36.8 Å². The lowest BCUT2D eigenvalue weighted by Gasteiger charge is -2.14. The summed E-state index contributed by atoms with van der Waals surface area (Å²) in [5.41, 5.74) is 0. The average molecular weight is 237 g/mol. The lowest BCUT2D eigenvalue weighted by Crippen LogP contribution is -2.22. The molecule has 1 unspecified atom stereocenters. The second kappa shape index (κ2) is 4.99. The summed E-state index contributed by atoms with van der Waals surface area (Å²) < 4.78 is 1.88. The van der Waals surface area contributed by atoms with Gasteiger partial charge in [-0.05, 0) is 25.1 Å². The Balaban J connectivity index is 1.92. The van der Waals surface area contributed by atoms with Crippen LogP contribution in [0.1, 0.15) is 6.92 Å². The van der Waals surface area contributed by atoms with Gasteiger partial charge in [-0.1, -0.05) is 11.6 Å². The first-order valence-electron chi connectivity index (χ1n) is 5.09. The zero-order valence-electron chi connectivity index (χ0n) is 8.97. The summed E-state index contributed by atoms with van der Waals surface area (Å²) in [4.78, 5) is 4.17. The van der Waals surface area contributed by atoms with Gasteiger partial charge in [0.1, 0.15) is 5.82 Å². The topological polar surface area (TPSA) is 42.7 Å². The molecule has 0 radical (unpaired) electrons. The number of hydrogen-bond acceptors (Lipinski definition) is 3. The quantitative estimate of drug-likeness (QED) is 0.887. The molecule has 0 fully saturated rings. The normalized spacial score (nSPS) is 12.4. The van der Waals surface area contributed by atoms with Gasteiger partial charge in [0.05, 0.1) is 11.6 Å². The summed E-state index contributed by atoms with van der Waals surface area (Å²) in [7, 11) is 0. The zero-order chi connectivity index (χ0) is 11.4. The van der Waals surface area contributed by atoms with Crippen molar-refractivity contribution in [2.75, 3.05) is 5.32 Å². The van der Waals surface area contributed by atoms with Crippen molar-refractivity contribution >= 4 is 17.4 Å². The zero-order valence-corrected chi connectivity index (χ0v) is 9.72. The molecule has 0 spiro atoms. The Morgan fingerprint density at radius 2 is 2.38 bits per heavy atom. The van der Waals surface area contributed by atoms with E-state index in [0.717, 1.165) is 12.4 Å². The van der Waals surface area contributed by atoms with Crippen molar-refractivity contribution in [1.82, 2.24) is 14.8 Å². The molecule has 5 heteroatoms. The van der Waals surface area contributed by atoms with Gasteiger partial charge in [0.15, 0.2) is 0 Å². The van der Waals surface area contributed by atoms with Gasteiger partial charge in [0, 0.05) is 24.6 Å². The van der Waals surface area contributed by atoms with Crippen LogP contribution in [0, 0.1) is 0 Å². The number of rotatable bonds is 4. The van der Waals surface area contributed by atoms with Crippen LogP contribution in [0.4, 0.5) is 5.82 Å². The van der Waals surface area contributed by atoms with Gasteiger partial charge in [0.25, 0.3) is 0 Å². The smallest absolute Gasteiger partial charge is 0.126 e. The number of nitrogens with one attached hydrogen (secondary N) is 1. The molecule has 2 rings (SSSR count). The van der Waals surface area contributed by atoms with E-state index in [9.17, 15) is 0 Å². The number of hydrogen-bond donors (Lipinski definition) is 1. The van der Waals surface area contributed by atoms with Crippen molar-refractivity contribution in [2.24, 2.45) is 0 Å². The van der Waals surface area contributed by atoms with Crippen LogP contribution in [-0.2, 0) is 6.54 Å². The van der Waals surface area contributed by atoms with Crippen LogP contribution in [0.5, 0.6) is 0 Å². The molecule has 0 amide bonds. The Hall–Kier alpha value is -1.55. The average Bonchev–Trinajstić information content (AvgIpc) is 2.74. The minimum absolute atomic E-state index is 0.258. The first-order valence-corrected chi connectivity index (χ1v) is 5.47. The Morgan fingerprint density at radius 3 is 3.00 bits per heavy atom. The molecule has 0 saturated heterocycles. The summed E-state index contributed by atoms with van der Waals surface area (Å²) in [5.74, 6) is 0.823. The Morgan fingerprint density at radius 1 is 1.50 bits per heavy atom. The molecule has 2 aromatic rings. The highest BCUT2D eigenvalue weighted by Crippen LogP contribution is 2.10. The molecule has 0 saturated carbocycles. The van der Waals surface area contributed by atoms with E-state index >= 15 is 0 Å². The fourth-order valence-corrected chi connectivity index (χ4v) is 1.56. The van der Waals surface area contributed by atoms with Gasteiger partial charge in [0.2, 0.25) is 0 Å². The minimum Gasteiger partial charge on any atom is -0.366 e. The van der Waals surface area contributed by atoms with Gasteiger partial charge in [-0.2, -0.15) is 5.10 Å². The highest BCUT2D eigenvalue weighted by atomic mass is 35.5. The fraction of sp³-hybridized carbons (Fsp3) is 0.273. The van der Waals surface area contributed by atoms with Gasteiger partial charge >= 0.3 is 0 Å². The van der Waals surface area contributed by atoms with E-state index in [1.54, 1.807) is 12.4 Å². The molecule has 0 bridgehead atoms. The second-order valence-electron chi connectivity index (χ2n) is 3.64. The lowest BCUT2D eigenvalue weighted by molar-refractivity contribution is 0.560. The fourth-order valence-electron chi connectivity index (χ4n) is 1.45. The Bertz CT molecular complexity index is 424. The van der Waals surface area contributed by atoms with Crippen molar-refractivity contribution in [3.05, 3.63) is 41.8 Å². The predicted molar refractivity (Wildman–Crippen MR) is 64.6 cm³/mol. The van der Waals surface area contributed by atoms with E-state index in [4.69, 9.17) is 11.6 Å². The van der Waals surface area contributed by atoms with Crippen molar-refractivity contribution in [1.29, 1.82) is 0 Å². The molecular formula is C11H13ClN4. The second-order valence-corrected chi connectivity index (χ2v) is 4.07. The van der Waals surface area contributed by atoms with E-state index in [0.29, 0.717) is 5.02 Å². The van der Waals surface area contributed by atoms with Crippen molar-refractivity contribution in [2.45, 2.75) is 19.5 Å². The first-order chi connectivity index (χ1) is 7.74. The van der Waals surface area contributed by atoms with E-state index in [2.05, 4.69) is 22.3 Å². The van der Waals surface area contributed by atoms with Crippen molar-refractivity contribution in [3.63, 3.8) is 0 Å². The summed E-state index contributed by atoms with van der Waals surface area (Å²) in [6.45, 7) is 2.88. The third-order valence-corrected chi connectivity index (χ3v) is 2.37. The standard InChI is InChI=1S/C11H13ClN4/c1-9(8-16-6-2-5-14-16)15-11-4-3-10(12)7-13-11/h2-7,9H,8H2,1H3,(H,13,15). The maximum absolute atomic E-state index is 5.76. The number of pyridine rings is 1. The van der Waals surface area contributed by atoms with Crippen LogP contribution < -0.4 is 5.32 Å². The molecule has 0 aliphatic heterocycles. The largest absolute Gasteiger partial charge is 0.366 e. The third kappa shape index (κ3) is 2.97. The van der Waals surface area contributed by atoms with Gasteiger partial charge in [-0.3, -0.25) is 4.68 Å². The summed E-state index contributed by atoms with van der Waals surface area (Å²) in [5, 5.41) is 8.07. The molecule has 2 heterocycles. The lowest BCUT2D eigenvalue weighted by atomic mass is 10.3. The molecule has 84 valence electrons. The van der Waals surface area contributed by atoms with Crippen LogP contribution >= 0.6 is 11.6 Å². The monoisotopic (exact) mass is 236 g/mol. The summed E-state index contributed by atoms with van der Waals surface area (Å²) in [6.07, 6.45) is 5.34. The number of nitrogens with zero attached hydrogens (tertiary/aromatic N) is 3. The molecule has 0 aliphatic carbocycles. The molecule has 0 aromatic carbocycles. The minimum atomic E-state index is 0.258. The highest BCUT2D eigenvalue weighted by molar-refractivity contribution is 6.30. The highest BCUT2D eigenvalue weighted by Gasteiger charge is 2.03. The predicted octanol–water partition coefficient (Wildman–Crippen LogP) is 2.43. The van der Waals surface area contributed by atoms with Crippen molar-refractivity contribution in [3.8, 4) is 0 Å². The first kappa shape index (κ1) is 11.0. The molecule has 1 atom stereocenters.